The van der Waals surface area contributed by atoms with E-state index in [1.807, 2.05) is 36.4 Å². The molecular formula is C31H27FN4O3S. The fourth-order valence-corrected chi connectivity index (χ4v) is 6.17. The Morgan fingerprint density at radius 2 is 1.82 bits per heavy atom. The molecule has 0 saturated heterocycles. The number of amides is 2. The van der Waals surface area contributed by atoms with Crippen molar-refractivity contribution in [1.82, 2.24) is 15.1 Å². The van der Waals surface area contributed by atoms with Gasteiger partial charge in [-0.25, -0.2) is 9.18 Å². The topological polar surface area (TPSA) is 96.3 Å². The maximum Gasteiger partial charge on any atom is 0.342 e. The number of nitrogens with one attached hydrogen (secondary N) is 2. The zero-order valence-electron chi connectivity index (χ0n) is 21.6. The maximum atomic E-state index is 13.6. The van der Waals surface area contributed by atoms with Crippen molar-refractivity contribution in [3.8, 4) is 17.0 Å². The highest BCUT2D eigenvalue weighted by molar-refractivity contribution is 7.20. The van der Waals surface area contributed by atoms with Gasteiger partial charge in [0.05, 0.1) is 16.3 Å². The number of thiophene rings is 1. The predicted octanol–water partition coefficient (Wildman–Crippen LogP) is 7.28. The molecule has 2 aromatic heterocycles. The van der Waals surface area contributed by atoms with Gasteiger partial charge in [-0.15, -0.1) is 11.3 Å². The fourth-order valence-electron chi connectivity index (χ4n) is 5.21. The molecule has 0 spiro atoms. The average Bonchev–Trinajstić information content (AvgIpc) is 3.71. The molecule has 9 heteroatoms. The molecule has 1 saturated carbocycles. The number of phenols is 1. The summed E-state index contributed by atoms with van der Waals surface area (Å²) in [5, 5.41) is 22.1. The summed E-state index contributed by atoms with van der Waals surface area (Å²) < 4.78 is 16.0. The van der Waals surface area contributed by atoms with Crippen molar-refractivity contribution in [2.75, 3.05) is 5.32 Å². The zero-order chi connectivity index (χ0) is 27.6. The number of halogens is 1. The number of aromatic hydroxyl groups is 1. The van der Waals surface area contributed by atoms with E-state index in [4.69, 9.17) is 0 Å². The van der Waals surface area contributed by atoms with Gasteiger partial charge in [0.1, 0.15) is 11.6 Å². The normalized spacial score (nSPS) is 13.5. The summed E-state index contributed by atoms with van der Waals surface area (Å²) in [4.78, 5) is 26.6. The Bertz CT molecular complexity index is 1690. The van der Waals surface area contributed by atoms with E-state index >= 15 is 0 Å². The third-order valence-electron chi connectivity index (χ3n) is 7.22. The first-order chi connectivity index (χ1) is 19.4. The van der Waals surface area contributed by atoms with Gasteiger partial charge in [0.25, 0.3) is 5.91 Å². The standard InChI is InChI=1S/C31H27FN4O3S/c32-22-10-5-6-19(14-22)18-33-31(39)36-26(20-7-1-2-8-20)17-25(35-36)24-13-12-23(16-27(24)37)34-30(38)29-15-21-9-3-4-11-28(21)40-29/h3-6,9-17,20,37H,1-2,7-8,18H2,(H,33,39)(H,34,38). The molecule has 0 aliphatic heterocycles. The monoisotopic (exact) mass is 554 g/mol. The lowest BCUT2D eigenvalue weighted by atomic mass is 10.0. The van der Waals surface area contributed by atoms with Crippen molar-refractivity contribution in [1.29, 1.82) is 0 Å². The lowest BCUT2D eigenvalue weighted by Gasteiger charge is -2.12. The van der Waals surface area contributed by atoms with Crippen LogP contribution < -0.4 is 10.6 Å². The maximum absolute atomic E-state index is 13.6. The van der Waals surface area contributed by atoms with E-state index < -0.39 is 6.03 Å². The zero-order valence-corrected chi connectivity index (χ0v) is 22.4. The molecule has 0 unspecified atom stereocenters. The smallest absolute Gasteiger partial charge is 0.342 e. The molecule has 3 aromatic carbocycles. The molecule has 3 N–H and O–H groups in total. The molecule has 5 aromatic rings. The molecule has 1 aliphatic carbocycles. The first-order valence-corrected chi connectivity index (χ1v) is 14.0. The number of anilines is 1. The number of fused-ring (bicyclic) bond motifs is 1. The van der Waals surface area contributed by atoms with Crippen molar-refractivity contribution in [3.05, 3.63) is 101 Å². The fraction of sp³-hybridized carbons (Fsp3) is 0.194. The molecule has 0 atom stereocenters. The minimum atomic E-state index is -0.413. The molecule has 1 fully saturated rings. The second-order valence-corrected chi connectivity index (χ2v) is 11.1. The van der Waals surface area contributed by atoms with Crippen LogP contribution in [0.2, 0.25) is 0 Å². The molecule has 0 bridgehead atoms. The first kappa shape index (κ1) is 25.8. The van der Waals surface area contributed by atoms with Crippen molar-refractivity contribution >= 4 is 39.0 Å². The van der Waals surface area contributed by atoms with Crippen LogP contribution >= 0.6 is 11.3 Å². The van der Waals surface area contributed by atoms with Gasteiger partial charge in [-0.3, -0.25) is 4.79 Å². The van der Waals surface area contributed by atoms with Crippen LogP contribution in [-0.2, 0) is 6.54 Å². The Labute approximate surface area is 234 Å². The van der Waals surface area contributed by atoms with Gasteiger partial charge in [0.2, 0.25) is 0 Å². The highest BCUT2D eigenvalue weighted by Crippen LogP contribution is 2.38. The number of aromatic nitrogens is 2. The van der Waals surface area contributed by atoms with Gasteiger partial charge in [-0.05, 0) is 66.3 Å². The number of benzene rings is 3. The molecule has 6 rings (SSSR count). The molecular weight excluding hydrogens is 527 g/mol. The quantitative estimate of drug-likeness (QED) is 0.206. The summed E-state index contributed by atoms with van der Waals surface area (Å²) in [6, 6.07) is 22.0. The Hall–Kier alpha value is -4.50. The van der Waals surface area contributed by atoms with Crippen LogP contribution in [0.1, 0.15) is 52.5 Å². The van der Waals surface area contributed by atoms with Crippen LogP contribution in [0, 0.1) is 5.82 Å². The minimum absolute atomic E-state index is 0.0584. The Morgan fingerprint density at radius 1 is 1.00 bits per heavy atom. The summed E-state index contributed by atoms with van der Waals surface area (Å²) in [6.07, 6.45) is 4.07. The number of nitrogens with zero attached hydrogens (tertiary/aromatic N) is 2. The van der Waals surface area contributed by atoms with E-state index in [0.717, 1.165) is 41.5 Å². The Kier molecular flexibility index (Phi) is 7.04. The van der Waals surface area contributed by atoms with Gasteiger partial charge in [-0.2, -0.15) is 9.78 Å². The second kappa shape index (κ2) is 10.9. The van der Waals surface area contributed by atoms with Gasteiger partial charge < -0.3 is 15.7 Å². The molecule has 40 heavy (non-hydrogen) atoms. The Balaban J connectivity index is 1.23. The lowest BCUT2D eigenvalue weighted by Crippen LogP contribution is -2.30. The highest BCUT2D eigenvalue weighted by Gasteiger charge is 2.26. The number of phenolic OH excluding ortho intramolecular Hbond substituents is 1. The van der Waals surface area contributed by atoms with E-state index in [0.29, 0.717) is 27.4 Å². The van der Waals surface area contributed by atoms with E-state index in [1.54, 1.807) is 24.3 Å². The van der Waals surface area contributed by atoms with Gasteiger partial charge >= 0.3 is 6.03 Å². The second-order valence-electron chi connectivity index (χ2n) is 9.97. The van der Waals surface area contributed by atoms with Crippen molar-refractivity contribution in [2.45, 2.75) is 38.1 Å². The molecule has 1 aliphatic rings. The van der Waals surface area contributed by atoms with E-state index in [-0.39, 0.29) is 29.9 Å². The number of hydrogen-bond acceptors (Lipinski definition) is 5. The number of carbonyl (C=O) groups is 2. The largest absolute Gasteiger partial charge is 0.507 e. The molecule has 2 amide bonds. The molecule has 202 valence electrons. The minimum Gasteiger partial charge on any atom is -0.507 e. The summed E-state index contributed by atoms with van der Waals surface area (Å²) in [6.45, 7) is 0.162. The van der Waals surface area contributed by atoms with Gasteiger partial charge in [0, 0.05) is 34.5 Å². The third-order valence-corrected chi connectivity index (χ3v) is 8.33. The van der Waals surface area contributed by atoms with Crippen LogP contribution in [0.4, 0.5) is 14.9 Å². The van der Waals surface area contributed by atoms with E-state index in [9.17, 15) is 19.1 Å². The van der Waals surface area contributed by atoms with Crippen molar-refractivity contribution in [2.24, 2.45) is 0 Å². The molecule has 2 heterocycles. The molecule has 0 radical (unpaired) electrons. The third kappa shape index (κ3) is 5.33. The van der Waals surface area contributed by atoms with Gasteiger partial charge in [0.15, 0.2) is 0 Å². The summed E-state index contributed by atoms with van der Waals surface area (Å²) in [7, 11) is 0. The average molecular weight is 555 g/mol. The van der Waals surface area contributed by atoms with E-state index in [2.05, 4.69) is 15.7 Å². The summed E-state index contributed by atoms with van der Waals surface area (Å²) in [5.74, 6) is -0.491. The summed E-state index contributed by atoms with van der Waals surface area (Å²) >= 11 is 1.41. The van der Waals surface area contributed by atoms with E-state index in [1.165, 1.54) is 34.2 Å². The first-order valence-electron chi connectivity index (χ1n) is 13.2. The van der Waals surface area contributed by atoms with Crippen LogP contribution in [-0.4, -0.2) is 26.8 Å². The van der Waals surface area contributed by atoms with Crippen LogP contribution in [0.3, 0.4) is 0 Å². The van der Waals surface area contributed by atoms with Crippen LogP contribution in [0.5, 0.6) is 5.75 Å². The van der Waals surface area contributed by atoms with Crippen LogP contribution in [0.25, 0.3) is 21.3 Å². The molecule has 7 nitrogen and oxygen atoms in total. The SMILES string of the molecule is O=C(Nc1ccc(-c2cc(C3CCCC3)n(C(=O)NCc3cccc(F)c3)n2)c(O)c1)c1cc2ccccc2s1. The predicted molar refractivity (Wildman–Crippen MR) is 154 cm³/mol. The number of hydrogen-bond donors (Lipinski definition) is 3. The number of rotatable bonds is 6. The number of carbonyl (C=O) groups excluding carboxylic acids is 2. The van der Waals surface area contributed by atoms with Crippen LogP contribution in [0.15, 0.2) is 78.9 Å². The van der Waals surface area contributed by atoms with Crippen molar-refractivity contribution in [3.63, 3.8) is 0 Å². The summed E-state index contributed by atoms with van der Waals surface area (Å²) in [5.41, 5.74) is 2.80. The van der Waals surface area contributed by atoms with Gasteiger partial charge in [-0.1, -0.05) is 43.2 Å². The van der Waals surface area contributed by atoms with Crippen molar-refractivity contribution < 1.29 is 19.1 Å². The highest BCUT2D eigenvalue weighted by atomic mass is 32.1. The Morgan fingerprint density at radius 3 is 2.60 bits per heavy atom. The lowest BCUT2D eigenvalue weighted by molar-refractivity contribution is 0.103.